The van der Waals surface area contributed by atoms with E-state index in [4.69, 9.17) is 5.73 Å². The predicted molar refractivity (Wildman–Crippen MR) is 82.0 cm³/mol. The Morgan fingerprint density at radius 2 is 2.05 bits per heavy atom. The molecule has 4 nitrogen and oxygen atoms in total. The van der Waals surface area contributed by atoms with Gasteiger partial charge in [-0.2, -0.15) is 0 Å². The largest absolute Gasteiger partial charge is 0.371 e. The first-order chi connectivity index (χ1) is 9.81. The Morgan fingerprint density at radius 1 is 1.25 bits per heavy atom. The van der Waals surface area contributed by atoms with Gasteiger partial charge in [0, 0.05) is 24.7 Å². The first kappa shape index (κ1) is 12.9. The number of benzene rings is 1. The first-order valence-electron chi connectivity index (χ1n) is 7.07. The fourth-order valence-corrected chi connectivity index (χ4v) is 2.83. The van der Waals surface area contributed by atoms with Gasteiger partial charge in [0.05, 0.1) is 0 Å². The molecule has 0 aliphatic carbocycles. The van der Waals surface area contributed by atoms with Crippen LogP contribution in [0.15, 0.2) is 41.2 Å². The molecule has 3 rings (SSSR count). The molecule has 20 heavy (non-hydrogen) atoms. The average molecular weight is 269 g/mol. The van der Waals surface area contributed by atoms with Crippen LogP contribution in [0.2, 0.25) is 0 Å². The molecule has 1 aliphatic heterocycles. The molecule has 2 aromatic rings. The molecule has 0 atom stereocenters. The van der Waals surface area contributed by atoms with Crippen LogP contribution in [0.3, 0.4) is 0 Å². The summed E-state index contributed by atoms with van der Waals surface area (Å²) in [5, 5.41) is 3.37. The molecule has 3 N–H and O–H groups in total. The van der Waals surface area contributed by atoms with Gasteiger partial charge in [0.1, 0.15) is 5.82 Å². The Kier molecular flexibility index (Phi) is 3.56. The third-order valence-electron chi connectivity index (χ3n) is 3.74. The van der Waals surface area contributed by atoms with Crippen molar-refractivity contribution >= 4 is 5.82 Å². The zero-order valence-corrected chi connectivity index (χ0v) is 11.4. The van der Waals surface area contributed by atoms with E-state index in [1.165, 1.54) is 0 Å². The quantitative estimate of drug-likeness (QED) is 0.893. The van der Waals surface area contributed by atoms with Crippen molar-refractivity contribution < 1.29 is 0 Å². The minimum absolute atomic E-state index is 0.0619. The maximum Gasteiger partial charge on any atom is 0.252 e. The zero-order chi connectivity index (χ0) is 13.9. The average Bonchev–Trinajstić information content (AvgIpc) is 2.51. The van der Waals surface area contributed by atoms with Crippen LogP contribution in [-0.2, 0) is 13.0 Å². The topological polar surface area (TPSA) is 60.1 Å². The monoisotopic (exact) mass is 269 g/mol. The number of nitrogens with one attached hydrogen (secondary N) is 1. The van der Waals surface area contributed by atoms with E-state index in [0.29, 0.717) is 6.54 Å². The Balaban J connectivity index is 2.24. The summed E-state index contributed by atoms with van der Waals surface area (Å²) in [5.41, 5.74) is 9.05. The zero-order valence-electron chi connectivity index (χ0n) is 11.4. The van der Waals surface area contributed by atoms with Crippen molar-refractivity contribution in [2.75, 3.05) is 18.4 Å². The van der Waals surface area contributed by atoms with Crippen molar-refractivity contribution in [1.82, 2.24) is 4.57 Å². The van der Waals surface area contributed by atoms with Crippen LogP contribution in [-0.4, -0.2) is 17.7 Å². The highest BCUT2D eigenvalue weighted by atomic mass is 16.1. The van der Waals surface area contributed by atoms with Crippen LogP contribution < -0.4 is 16.6 Å². The van der Waals surface area contributed by atoms with Gasteiger partial charge in [0.15, 0.2) is 0 Å². The summed E-state index contributed by atoms with van der Waals surface area (Å²) in [7, 11) is 0. The van der Waals surface area contributed by atoms with Gasteiger partial charge in [-0.25, -0.2) is 0 Å². The van der Waals surface area contributed by atoms with Gasteiger partial charge >= 0.3 is 0 Å². The van der Waals surface area contributed by atoms with Gasteiger partial charge < -0.3 is 11.1 Å². The van der Waals surface area contributed by atoms with E-state index in [1.807, 2.05) is 34.9 Å². The van der Waals surface area contributed by atoms with Crippen LogP contribution in [0.5, 0.6) is 0 Å². The normalized spacial score (nSPS) is 13.7. The van der Waals surface area contributed by atoms with Gasteiger partial charge in [0.2, 0.25) is 0 Å². The van der Waals surface area contributed by atoms with Crippen LogP contribution >= 0.6 is 0 Å². The number of pyridine rings is 1. The summed E-state index contributed by atoms with van der Waals surface area (Å²) in [6.07, 6.45) is 1.76. The van der Waals surface area contributed by atoms with Gasteiger partial charge in [-0.05, 0) is 30.5 Å². The van der Waals surface area contributed by atoms with E-state index in [9.17, 15) is 4.79 Å². The van der Waals surface area contributed by atoms with E-state index in [-0.39, 0.29) is 5.56 Å². The number of nitrogens with two attached hydrogens (primary N) is 1. The third kappa shape index (κ3) is 2.23. The van der Waals surface area contributed by atoms with Crippen molar-refractivity contribution in [3.63, 3.8) is 0 Å². The number of anilines is 1. The van der Waals surface area contributed by atoms with Crippen molar-refractivity contribution in [3.8, 4) is 11.1 Å². The van der Waals surface area contributed by atoms with Gasteiger partial charge in [-0.1, -0.05) is 30.3 Å². The Bertz CT molecular complexity index is 661. The number of nitrogens with zero attached hydrogens (tertiary/aromatic N) is 1. The molecule has 104 valence electrons. The summed E-state index contributed by atoms with van der Waals surface area (Å²) in [5.74, 6) is 0.952. The second kappa shape index (κ2) is 5.51. The second-order valence-electron chi connectivity index (χ2n) is 5.06. The lowest BCUT2D eigenvalue weighted by Crippen LogP contribution is -2.30. The number of aromatic nitrogens is 1. The molecular weight excluding hydrogens is 250 g/mol. The fraction of sp³-hybridized carbons (Fsp3) is 0.312. The summed E-state index contributed by atoms with van der Waals surface area (Å²) < 4.78 is 1.83. The van der Waals surface area contributed by atoms with Crippen molar-refractivity contribution in [2.45, 2.75) is 19.4 Å². The number of hydrogen-bond acceptors (Lipinski definition) is 3. The minimum atomic E-state index is 0.0619. The van der Waals surface area contributed by atoms with Gasteiger partial charge in [-0.15, -0.1) is 0 Å². The smallest absolute Gasteiger partial charge is 0.252 e. The highest BCUT2D eigenvalue weighted by Gasteiger charge is 2.18. The molecule has 2 heterocycles. The molecule has 0 spiro atoms. The molecule has 0 unspecified atom stereocenters. The van der Waals surface area contributed by atoms with Crippen molar-refractivity contribution in [1.29, 1.82) is 0 Å². The summed E-state index contributed by atoms with van der Waals surface area (Å²) >= 11 is 0. The van der Waals surface area contributed by atoms with Crippen LogP contribution in [0, 0.1) is 0 Å². The van der Waals surface area contributed by atoms with Crippen LogP contribution in [0.4, 0.5) is 5.82 Å². The lowest BCUT2D eigenvalue weighted by Gasteiger charge is -2.25. The van der Waals surface area contributed by atoms with Gasteiger partial charge in [-0.3, -0.25) is 9.36 Å². The standard InChI is InChI=1S/C16H19N3O/c17-8-7-13-14(12-5-2-1-3-6-12)11-15(20)19-10-4-9-18-16(13)19/h1-3,5-6,11,18H,4,7-10,17H2. The minimum Gasteiger partial charge on any atom is -0.371 e. The SMILES string of the molecule is NCCc1c(-c2ccccc2)cc(=O)n2c1NCCC2. The molecule has 0 saturated heterocycles. The summed E-state index contributed by atoms with van der Waals surface area (Å²) in [4.78, 5) is 12.3. The molecule has 0 radical (unpaired) electrons. The van der Waals surface area contributed by atoms with Crippen LogP contribution in [0.1, 0.15) is 12.0 Å². The van der Waals surface area contributed by atoms with E-state index in [2.05, 4.69) is 5.32 Å². The van der Waals surface area contributed by atoms with E-state index >= 15 is 0 Å². The molecular formula is C16H19N3O. The third-order valence-corrected chi connectivity index (χ3v) is 3.74. The number of fused-ring (bicyclic) bond motifs is 1. The van der Waals surface area contributed by atoms with Crippen LogP contribution in [0.25, 0.3) is 11.1 Å². The van der Waals surface area contributed by atoms with Gasteiger partial charge in [0.25, 0.3) is 5.56 Å². The Hall–Kier alpha value is -2.07. The first-order valence-corrected chi connectivity index (χ1v) is 7.07. The summed E-state index contributed by atoms with van der Waals surface area (Å²) in [6, 6.07) is 11.8. The van der Waals surface area contributed by atoms with E-state index < -0.39 is 0 Å². The molecule has 0 bridgehead atoms. The fourth-order valence-electron chi connectivity index (χ4n) is 2.83. The molecule has 4 heteroatoms. The highest BCUT2D eigenvalue weighted by Crippen LogP contribution is 2.29. The lowest BCUT2D eigenvalue weighted by atomic mass is 9.97. The lowest BCUT2D eigenvalue weighted by molar-refractivity contribution is 0.604. The molecule has 1 aromatic heterocycles. The van der Waals surface area contributed by atoms with E-state index in [0.717, 1.165) is 48.4 Å². The molecule has 0 fully saturated rings. The Labute approximate surface area is 118 Å². The molecule has 1 aromatic carbocycles. The number of rotatable bonds is 3. The molecule has 1 aliphatic rings. The number of hydrogen-bond donors (Lipinski definition) is 2. The maximum absolute atomic E-state index is 12.3. The van der Waals surface area contributed by atoms with Crippen molar-refractivity contribution in [3.05, 3.63) is 52.3 Å². The highest BCUT2D eigenvalue weighted by molar-refractivity contribution is 5.72. The molecule has 0 saturated carbocycles. The predicted octanol–water partition coefficient (Wildman–Crippen LogP) is 1.83. The summed E-state index contributed by atoms with van der Waals surface area (Å²) in [6.45, 7) is 2.27. The maximum atomic E-state index is 12.3. The van der Waals surface area contributed by atoms with Crippen molar-refractivity contribution in [2.24, 2.45) is 5.73 Å². The second-order valence-corrected chi connectivity index (χ2v) is 5.06. The van der Waals surface area contributed by atoms with E-state index in [1.54, 1.807) is 6.07 Å². The Morgan fingerprint density at radius 3 is 2.80 bits per heavy atom. The molecule has 0 amide bonds.